The Balaban J connectivity index is 2.23. The maximum Gasteiger partial charge on any atom is 0.0801 e. The first kappa shape index (κ1) is 12.7. The van der Waals surface area contributed by atoms with Crippen LogP contribution >= 0.6 is 0 Å². The van der Waals surface area contributed by atoms with Crippen LogP contribution in [-0.4, -0.2) is 25.3 Å². The van der Waals surface area contributed by atoms with Crippen LogP contribution in [0.1, 0.15) is 19.4 Å². The van der Waals surface area contributed by atoms with Crippen LogP contribution in [0.5, 0.6) is 0 Å². The highest BCUT2D eigenvalue weighted by Gasteiger charge is 2.27. The fourth-order valence-electron chi connectivity index (χ4n) is 2.26. The van der Waals surface area contributed by atoms with Gasteiger partial charge in [0.1, 0.15) is 0 Å². The molecule has 0 spiro atoms. The minimum Gasteiger partial charge on any atom is -0.398 e. The van der Waals surface area contributed by atoms with Crippen LogP contribution in [0.15, 0.2) is 18.2 Å². The fourth-order valence-corrected chi connectivity index (χ4v) is 2.26. The smallest absolute Gasteiger partial charge is 0.0801 e. The van der Waals surface area contributed by atoms with Crippen LogP contribution in [0.4, 0.5) is 11.4 Å². The Bertz CT molecular complexity index is 476. The van der Waals surface area contributed by atoms with Gasteiger partial charge in [0.2, 0.25) is 0 Å². The first-order valence-corrected chi connectivity index (χ1v) is 6.16. The molecule has 0 aromatic heterocycles. The highest BCUT2D eigenvalue weighted by atomic mass is 16.5. The molecule has 0 unspecified atom stereocenters. The van der Waals surface area contributed by atoms with E-state index in [2.05, 4.69) is 24.8 Å². The van der Waals surface area contributed by atoms with E-state index < -0.39 is 0 Å². The zero-order valence-electron chi connectivity index (χ0n) is 10.9. The quantitative estimate of drug-likeness (QED) is 0.809. The summed E-state index contributed by atoms with van der Waals surface area (Å²) in [5.74, 6) is 0. The summed E-state index contributed by atoms with van der Waals surface area (Å²) in [6, 6.07) is 8.05. The summed E-state index contributed by atoms with van der Waals surface area (Å²) in [5.41, 5.74) is 8.44. The van der Waals surface area contributed by atoms with E-state index in [9.17, 15) is 0 Å². The van der Waals surface area contributed by atoms with Gasteiger partial charge in [-0.05, 0) is 37.6 Å². The molecule has 1 aliphatic rings. The zero-order chi connectivity index (χ0) is 13.2. The second-order valence-corrected chi connectivity index (χ2v) is 5.25. The largest absolute Gasteiger partial charge is 0.398 e. The number of ether oxygens (including phenoxy) is 1. The van der Waals surface area contributed by atoms with Crippen LogP contribution in [0, 0.1) is 11.3 Å². The van der Waals surface area contributed by atoms with Gasteiger partial charge in [-0.1, -0.05) is 0 Å². The second kappa shape index (κ2) is 4.87. The monoisotopic (exact) mass is 245 g/mol. The second-order valence-electron chi connectivity index (χ2n) is 5.25. The van der Waals surface area contributed by atoms with E-state index in [1.165, 1.54) is 0 Å². The van der Waals surface area contributed by atoms with Gasteiger partial charge in [-0.15, -0.1) is 0 Å². The Kier molecular flexibility index (Phi) is 3.44. The van der Waals surface area contributed by atoms with Gasteiger partial charge < -0.3 is 15.4 Å². The Hall–Kier alpha value is -1.73. The summed E-state index contributed by atoms with van der Waals surface area (Å²) in [6.45, 7) is 6.63. The predicted molar refractivity (Wildman–Crippen MR) is 72.4 cm³/mol. The van der Waals surface area contributed by atoms with E-state index in [1.54, 1.807) is 0 Å². The number of benzene rings is 1. The van der Waals surface area contributed by atoms with Gasteiger partial charge in [0.15, 0.2) is 0 Å². The van der Waals surface area contributed by atoms with Gasteiger partial charge >= 0.3 is 0 Å². The van der Waals surface area contributed by atoms with Crippen LogP contribution in [-0.2, 0) is 11.2 Å². The maximum atomic E-state index is 8.79. The molecule has 96 valence electrons. The number of nitrogen functional groups attached to an aromatic ring is 1. The zero-order valence-corrected chi connectivity index (χ0v) is 10.9. The van der Waals surface area contributed by atoms with Crippen LogP contribution in [0.3, 0.4) is 0 Å². The topological polar surface area (TPSA) is 62.3 Å². The summed E-state index contributed by atoms with van der Waals surface area (Å²) in [4.78, 5) is 2.28. The van der Waals surface area contributed by atoms with E-state index >= 15 is 0 Å². The van der Waals surface area contributed by atoms with E-state index in [-0.39, 0.29) is 5.60 Å². The molecule has 18 heavy (non-hydrogen) atoms. The number of morpholine rings is 1. The minimum atomic E-state index is -0.130. The Morgan fingerprint density at radius 3 is 2.94 bits per heavy atom. The van der Waals surface area contributed by atoms with Crippen molar-refractivity contribution in [3.8, 4) is 6.07 Å². The number of nitrogens with zero attached hydrogens (tertiary/aromatic N) is 2. The van der Waals surface area contributed by atoms with Gasteiger partial charge in [-0.2, -0.15) is 5.26 Å². The van der Waals surface area contributed by atoms with Crippen molar-refractivity contribution in [1.82, 2.24) is 0 Å². The molecule has 4 nitrogen and oxygen atoms in total. The average molecular weight is 245 g/mol. The average Bonchev–Trinajstić information content (AvgIpc) is 2.31. The highest BCUT2D eigenvalue weighted by molar-refractivity contribution is 5.59. The molecule has 4 heteroatoms. The van der Waals surface area contributed by atoms with Crippen molar-refractivity contribution in [3.05, 3.63) is 23.8 Å². The van der Waals surface area contributed by atoms with Gasteiger partial charge in [0.05, 0.1) is 24.7 Å². The summed E-state index contributed by atoms with van der Waals surface area (Å²) in [7, 11) is 0. The van der Waals surface area contributed by atoms with Crippen molar-refractivity contribution in [2.45, 2.75) is 25.9 Å². The molecule has 0 aliphatic carbocycles. The molecule has 1 heterocycles. The normalized spacial score (nSPS) is 18.4. The van der Waals surface area contributed by atoms with Crippen molar-refractivity contribution < 1.29 is 4.74 Å². The minimum absolute atomic E-state index is 0.130. The third-order valence-electron chi connectivity index (χ3n) is 3.19. The molecule has 1 saturated heterocycles. The number of rotatable bonds is 2. The van der Waals surface area contributed by atoms with Gasteiger partial charge in [-0.3, -0.25) is 0 Å². The predicted octanol–water partition coefficient (Wildman–Crippen LogP) is 1.95. The summed E-state index contributed by atoms with van der Waals surface area (Å²) < 4.78 is 5.70. The molecule has 0 saturated carbocycles. The molecule has 1 aromatic carbocycles. The number of hydrogen-bond acceptors (Lipinski definition) is 4. The van der Waals surface area contributed by atoms with E-state index in [0.717, 1.165) is 30.9 Å². The molecular formula is C14H19N3O. The van der Waals surface area contributed by atoms with E-state index in [4.69, 9.17) is 15.7 Å². The summed E-state index contributed by atoms with van der Waals surface area (Å²) in [5, 5.41) is 8.79. The number of hydrogen-bond donors (Lipinski definition) is 1. The van der Waals surface area contributed by atoms with Gasteiger partial charge in [0, 0.05) is 24.5 Å². The van der Waals surface area contributed by atoms with Crippen LogP contribution < -0.4 is 10.6 Å². The lowest BCUT2D eigenvalue weighted by atomic mass is 10.0. The van der Waals surface area contributed by atoms with Crippen molar-refractivity contribution in [2.24, 2.45) is 0 Å². The molecule has 1 aliphatic heterocycles. The molecule has 0 amide bonds. The molecule has 0 radical (unpaired) electrons. The molecule has 2 N–H and O–H groups in total. The Morgan fingerprint density at radius 2 is 2.28 bits per heavy atom. The van der Waals surface area contributed by atoms with Gasteiger partial charge in [0.25, 0.3) is 0 Å². The highest BCUT2D eigenvalue weighted by Crippen LogP contribution is 2.26. The fraction of sp³-hybridized carbons (Fsp3) is 0.500. The van der Waals surface area contributed by atoms with Crippen molar-refractivity contribution in [2.75, 3.05) is 30.3 Å². The summed E-state index contributed by atoms with van der Waals surface area (Å²) >= 11 is 0. The third kappa shape index (κ3) is 2.74. The Morgan fingerprint density at radius 1 is 1.50 bits per heavy atom. The first-order chi connectivity index (χ1) is 8.52. The lowest BCUT2D eigenvalue weighted by Crippen LogP contribution is -2.48. The maximum absolute atomic E-state index is 8.79. The standard InChI is InChI=1S/C14H19N3O/c1-14(2)10-17(7-8-18-14)12-3-4-13(16)11(9-12)5-6-15/h3-4,9H,5,7-8,10,16H2,1-2H3. The molecule has 1 fully saturated rings. The molecular weight excluding hydrogens is 226 g/mol. The number of nitriles is 1. The Labute approximate surface area is 108 Å². The van der Waals surface area contributed by atoms with Gasteiger partial charge in [-0.25, -0.2) is 0 Å². The summed E-state index contributed by atoms with van der Waals surface area (Å²) in [6.07, 6.45) is 0.355. The van der Waals surface area contributed by atoms with Crippen LogP contribution in [0.25, 0.3) is 0 Å². The lowest BCUT2D eigenvalue weighted by Gasteiger charge is -2.39. The first-order valence-electron chi connectivity index (χ1n) is 6.16. The molecule has 2 rings (SSSR count). The lowest BCUT2D eigenvalue weighted by molar-refractivity contribution is -0.0276. The van der Waals surface area contributed by atoms with Crippen molar-refractivity contribution in [3.63, 3.8) is 0 Å². The third-order valence-corrected chi connectivity index (χ3v) is 3.19. The molecule has 1 aromatic rings. The molecule has 0 bridgehead atoms. The van der Waals surface area contributed by atoms with Crippen LogP contribution in [0.2, 0.25) is 0 Å². The SMILES string of the molecule is CC1(C)CN(c2ccc(N)c(CC#N)c2)CCO1. The van der Waals surface area contributed by atoms with E-state index in [1.807, 2.05) is 18.2 Å². The number of anilines is 2. The van der Waals surface area contributed by atoms with E-state index in [0.29, 0.717) is 12.1 Å². The van der Waals surface area contributed by atoms with Crippen molar-refractivity contribution >= 4 is 11.4 Å². The molecule has 0 atom stereocenters. The van der Waals surface area contributed by atoms with Crippen molar-refractivity contribution in [1.29, 1.82) is 5.26 Å². The number of nitrogens with two attached hydrogens (primary N) is 1.